The van der Waals surface area contributed by atoms with Crippen LogP contribution in [0.5, 0.6) is 0 Å². The van der Waals surface area contributed by atoms with Gasteiger partial charge in [-0.15, -0.1) is 0 Å². The summed E-state index contributed by atoms with van der Waals surface area (Å²) in [5.74, 6) is -0.803. The average Bonchev–Trinajstić information content (AvgIpc) is 3.20. The average molecular weight is 327 g/mol. The van der Waals surface area contributed by atoms with E-state index in [1.54, 1.807) is 10.9 Å². The number of aromatic nitrogens is 2. The third kappa shape index (κ3) is 3.12. The fraction of sp³-hybridized carbons (Fsp3) is 0.250. The number of amides is 4. The monoisotopic (exact) mass is 327 g/mol. The molecule has 0 aliphatic carbocycles. The molecule has 1 fully saturated rings. The molecule has 1 aliphatic rings. The third-order valence-corrected chi connectivity index (χ3v) is 3.77. The van der Waals surface area contributed by atoms with Gasteiger partial charge in [-0.05, 0) is 24.6 Å². The highest BCUT2D eigenvalue weighted by Crippen LogP contribution is 2.20. The zero-order chi connectivity index (χ0) is 17.1. The molecule has 0 saturated carbocycles. The highest BCUT2D eigenvalue weighted by atomic mass is 16.2. The molecule has 0 radical (unpaired) electrons. The highest BCUT2D eigenvalue weighted by Gasteiger charge is 2.30. The summed E-state index contributed by atoms with van der Waals surface area (Å²) in [6.07, 6.45) is 3.50. The van der Waals surface area contributed by atoms with Crippen molar-refractivity contribution in [3.8, 4) is 5.69 Å². The smallest absolute Gasteiger partial charge is 0.325 e. The molecule has 2 aromatic rings. The molecule has 1 aliphatic heterocycles. The molecule has 0 bridgehead atoms. The predicted molar refractivity (Wildman–Crippen MR) is 85.2 cm³/mol. The standard InChI is InChI=1S/C16H17N5O3/c1-11(19-14(22)10-20-15(23)9-17-16(20)24)12-5-2-3-6-13(12)21-8-4-7-18-21/h2-8,11H,9-10H2,1H3,(H,17,24)(H,19,22). The van der Waals surface area contributed by atoms with Crippen LogP contribution in [0.3, 0.4) is 0 Å². The van der Waals surface area contributed by atoms with E-state index in [2.05, 4.69) is 15.7 Å². The molecule has 1 aromatic heterocycles. The van der Waals surface area contributed by atoms with Crippen molar-refractivity contribution in [3.63, 3.8) is 0 Å². The highest BCUT2D eigenvalue weighted by molar-refractivity contribution is 6.04. The zero-order valence-corrected chi connectivity index (χ0v) is 13.1. The Labute approximate surface area is 138 Å². The normalized spacial score (nSPS) is 15.3. The minimum Gasteiger partial charge on any atom is -0.348 e. The van der Waals surface area contributed by atoms with Crippen LogP contribution in [0.15, 0.2) is 42.7 Å². The first kappa shape index (κ1) is 15.7. The topological polar surface area (TPSA) is 96.3 Å². The molecule has 1 atom stereocenters. The Morgan fingerprint density at radius 3 is 2.79 bits per heavy atom. The van der Waals surface area contributed by atoms with E-state index in [9.17, 15) is 14.4 Å². The van der Waals surface area contributed by atoms with Gasteiger partial charge in [0.1, 0.15) is 6.54 Å². The van der Waals surface area contributed by atoms with E-state index in [0.29, 0.717) is 0 Å². The summed E-state index contributed by atoms with van der Waals surface area (Å²) in [5, 5.41) is 9.41. The minimum atomic E-state index is -0.542. The maximum Gasteiger partial charge on any atom is 0.325 e. The molecule has 3 rings (SSSR count). The van der Waals surface area contributed by atoms with E-state index >= 15 is 0 Å². The van der Waals surface area contributed by atoms with Gasteiger partial charge in [-0.25, -0.2) is 9.48 Å². The number of rotatable bonds is 5. The van der Waals surface area contributed by atoms with Crippen molar-refractivity contribution in [1.29, 1.82) is 0 Å². The van der Waals surface area contributed by atoms with Gasteiger partial charge in [-0.3, -0.25) is 14.5 Å². The third-order valence-electron chi connectivity index (χ3n) is 3.77. The lowest BCUT2D eigenvalue weighted by molar-refractivity contribution is -0.130. The summed E-state index contributed by atoms with van der Waals surface area (Å²) >= 11 is 0. The summed E-state index contributed by atoms with van der Waals surface area (Å²) in [6.45, 7) is 1.48. The molecule has 124 valence electrons. The number of imide groups is 1. The van der Waals surface area contributed by atoms with Crippen molar-refractivity contribution in [2.24, 2.45) is 0 Å². The lowest BCUT2D eigenvalue weighted by Gasteiger charge is -2.19. The van der Waals surface area contributed by atoms with Gasteiger partial charge in [-0.1, -0.05) is 18.2 Å². The summed E-state index contributed by atoms with van der Waals surface area (Å²) in [5.41, 5.74) is 1.73. The first-order valence-electron chi connectivity index (χ1n) is 7.53. The molecule has 2 N–H and O–H groups in total. The quantitative estimate of drug-likeness (QED) is 0.786. The van der Waals surface area contributed by atoms with Gasteiger partial charge >= 0.3 is 6.03 Å². The Balaban J connectivity index is 1.71. The second-order valence-corrected chi connectivity index (χ2v) is 5.44. The Morgan fingerprint density at radius 1 is 1.33 bits per heavy atom. The lowest BCUT2D eigenvalue weighted by Crippen LogP contribution is -2.41. The van der Waals surface area contributed by atoms with Gasteiger partial charge in [0.05, 0.1) is 18.3 Å². The van der Waals surface area contributed by atoms with Crippen LogP contribution in [-0.4, -0.2) is 45.6 Å². The van der Waals surface area contributed by atoms with E-state index in [-0.39, 0.29) is 19.1 Å². The number of urea groups is 1. The summed E-state index contributed by atoms with van der Waals surface area (Å²) < 4.78 is 1.72. The van der Waals surface area contributed by atoms with E-state index < -0.39 is 17.8 Å². The Kier molecular flexibility index (Phi) is 4.28. The molecule has 8 nitrogen and oxygen atoms in total. The Hall–Kier alpha value is -3.16. The molecule has 2 heterocycles. The fourth-order valence-corrected chi connectivity index (χ4v) is 2.60. The SMILES string of the molecule is CC(NC(=O)CN1C(=O)CNC1=O)c1ccccc1-n1cccn1. The van der Waals surface area contributed by atoms with Crippen molar-refractivity contribution in [2.45, 2.75) is 13.0 Å². The second kappa shape index (κ2) is 6.53. The van der Waals surface area contributed by atoms with Crippen LogP contribution in [0.4, 0.5) is 4.79 Å². The van der Waals surface area contributed by atoms with E-state index in [4.69, 9.17) is 0 Å². The van der Waals surface area contributed by atoms with Crippen molar-refractivity contribution in [1.82, 2.24) is 25.3 Å². The molecule has 1 unspecified atom stereocenters. The van der Waals surface area contributed by atoms with Gasteiger partial charge in [0, 0.05) is 12.4 Å². The van der Waals surface area contributed by atoms with Crippen molar-refractivity contribution < 1.29 is 14.4 Å². The van der Waals surface area contributed by atoms with Crippen molar-refractivity contribution in [2.75, 3.05) is 13.1 Å². The summed E-state index contributed by atoms with van der Waals surface area (Å²) in [6, 6.07) is 8.54. The van der Waals surface area contributed by atoms with Crippen LogP contribution in [-0.2, 0) is 9.59 Å². The van der Waals surface area contributed by atoms with E-state index in [1.807, 2.05) is 43.5 Å². The van der Waals surface area contributed by atoms with Crippen LogP contribution in [0.25, 0.3) is 5.69 Å². The molecule has 24 heavy (non-hydrogen) atoms. The molecular formula is C16H17N5O3. The number of hydrogen-bond acceptors (Lipinski definition) is 4. The van der Waals surface area contributed by atoms with Crippen LogP contribution >= 0.6 is 0 Å². The number of nitrogens with zero attached hydrogens (tertiary/aromatic N) is 3. The molecule has 4 amide bonds. The largest absolute Gasteiger partial charge is 0.348 e. The van der Waals surface area contributed by atoms with Gasteiger partial charge in [-0.2, -0.15) is 5.10 Å². The van der Waals surface area contributed by atoms with Crippen molar-refractivity contribution in [3.05, 3.63) is 48.3 Å². The fourth-order valence-electron chi connectivity index (χ4n) is 2.60. The van der Waals surface area contributed by atoms with Gasteiger partial charge in [0.15, 0.2) is 0 Å². The maximum atomic E-state index is 12.2. The van der Waals surface area contributed by atoms with E-state index in [0.717, 1.165) is 16.2 Å². The van der Waals surface area contributed by atoms with Crippen molar-refractivity contribution >= 4 is 17.8 Å². The predicted octanol–water partition coefficient (Wildman–Crippen LogP) is 0.601. The van der Waals surface area contributed by atoms with Gasteiger partial charge in [0.2, 0.25) is 5.91 Å². The maximum absolute atomic E-state index is 12.2. The number of nitrogens with one attached hydrogen (secondary N) is 2. The second-order valence-electron chi connectivity index (χ2n) is 5.44. The number of benzene rings is 1. The number of carbonyl (C=O) groups is 3. The number of hydrogen-bond donors (Lipinski definition) is 2. The molecule has 1 saturated heterocycles. The van der Waals surface area contributed by atoms with Gasteiger partial charge in [0.25, 0.3) is 5.91 Å². The Morgan fingerprint density at radius 2 is 2.12 bits per heavy atom. The van der Waals surface area contributed by atoms with Crippen LogP contribution in [0.1, 0.15) is 18.5 Å². The first-order chi connectivity index (χ1) is 11.6. The molecule has 8 heteroatoms. The zero-order valence-electron chi connectivity index (χ0n) is 13.1. The molecular weight excluding hydrogens is 310 g/mol. The van der Waals surface area contributed by atoms with Crippen LogP contribution < -0.4 is 10.6 Å². The van der Waals surface area contributed by atoms with Crippen LogP contribution in [0.2, 0.25) is 0 Å². The van der Waals surface area contributed by atoms with Crippen LogP contribution in [0, 0.1) is 0 Å². The number of para-hydroxylation sites is 1. The Bertz CT molecular complexity index is 756. The lowest BCUT2D eigenvalue weighted by atomic mass is 10.1. The summed E-state index contributed by atoms with van der Waals surface area (Å²) in [7, 11) is 0. The van der Waals surface area contributed by atoms with E-state index in [1.165, 1.54) is 0 Å². The number of carbonyl (C=O) groups excluding carboxylic acids is 3. The molecule has 0 spiro atoms. The van der Waals surface area contributed by atoms with Gasteiger partial charge < -0.3 is 10.6 Å². The minimum absolute atomic E-state index is 0.0657. The summed E-state index contributed by atoms with van der Waals surface area (Å²) in [4.78, 5) is 36.1. The molecule has 1 aromatic carbocycles. The first-order valence-corrected chi connectivity index (χ1v) is 7.53.